The lowest BCUT2D eigenvalue weighted by Gasteiger charge is -2.23. The van der Waals surface area contributed by atoms with E-state index in [4.69, 9.17) is 5.73 Å². The molecule has 0 aliphatic rings. The van der Waals surface area contributed by atoms with Gasteiger partial charge in [0.15, 0.2) is 0 Å². The smallest absolute Gasteiger partial charge is 0.144 e. The molecule has 3 N–H and O–H groups in total. The molecule has 0 saturated heterocycles. The number of hydrogen-bond acceptors (Lipinski definition) is 4. The highest BCUT2D eigenvalue weighted by molar-refractivity contribution is 5.29. The molecule has 4 nitrogen and oxygen atoms in total. The minimum atomic E-state index is 0.145. The standard InChI is InChI=1S/C11H20N4/c1-11(2,3)6-9(12)7-15-10-8-13-4-5-14-10/h4-5,8-9H,6-7,12H2,1-3H3,(H,14,15). The van der Waals surface area contributed by atoms with Crippen LogP contribution in [0.25, 0.3) is 0 Å². The molecule has 84 valence electrons. The summed E-state index contributed by atoms with van der Waals surface area (Å²) >= 11 is 0. The summed E-state index contributed by atoms with van der Waals surface area (Å²) in [6.45, 7) is 7.30. The summed E-state index contributed by atoms with van der Waals surface area (Å²) < 4.78 is 0. The first kappa shape index (κ1) is 11.9. The molecule has 1 unspecified atom stereocenters. The third kappa shape index (κ3) is 5.32. The van der Waals surface area contributed by atoms with Gasteiger partial charge >= 0.3 is 0 Å². The van der Waals surface area contributed by atoms with Crippen LogP contribution in [0, 0.1) is 5.41 Å². The van der Waals surface area contributed by atoms with Crippen molar-refractivity contribution in [1.29, 1.82) is 0 Å². The Labute approximate surface area is 91.3 Å². The number of rotatable bonds is 4. The molecule has 0 aliphatic heterocycles. The van der Waals surface area contributed by atoms with Crippen LogP contribution in [-0.2, 0) is 0 Å². The molecule has 1 atom stereocenters. The van der Waals surface area contributed by atoms with Gasteiger partial charge in [-0.2, -0.15) is 0 Å². The zero-order valence-electron chi connectivity index (χ0n) is 9.70. The van der Waals surface area contributed by atoms with Crippen LogP contribution in [0.1, 0.15) is 27.2 Å². The predicted molar refractivity (Wildman–Crippen MR) is 62.6 cm³/mol. The van der Waals surface area contributed by atoms with E-state index in [-0.39, 0.29) is 11.5 Å². The molecule has 0 bridgehead atoms. The van der Waals surface area contributed by atoms with E-state index in [1.54, 1.807) is 18.6 Å². The van der Waals surface area contributed by atoms with Gasteiger partial charge in [0, 0.05) is 25.0 Å². The third-order valence-corrected chi connectivity index (χ3v) is 1.98. The molecule has 0 radical (unpaired) electrons. The van der Waals surface area contributed by atoms with Crippen molar-refractivity contribution in [2.45, 2.75) is 33.2 Å². The SMILES string of the molecule is CC(C)(C)CC(N)CNc1cnccn1. The van der Waals surface area contributed by atoms with Crippen LogP contribution in [0.4, 0.5) is 5.82 Å². The Morgan fingerprint density at radius 1 is 1.40 bits per heavy atom. The molecule has 0 spiro atoms. The van der Waals surface area contributed by atoms with Gasteiger partial charge in [-0.25, -0.2) is 4.98 Å². The van der Waals surface area contributed by atoms with Crippen molar-refractivity contribution >= 4 is 5.82 Å². The first-order chi connectivity index (χ1) is 6.97. The van der Waals surface area contributed by atoms with Gasteiger partial charge in [0.05, 0.1) is 6.20 Å². The van der Waals surface area contributed by atoms with Crippen molar-refractivity contribution in [1.82, 2.24) is 9.97 Å². The second-order valence-corrected chi connectivity index (χ2v) is 5.00. The Morgan fingerprint density at radius 3 is 2.67 bits per heavy atom. The maximum Gasteiger partial charge on any atom is 0.144 e. The number of nitrogens with two attached hydrogens (primary N) is 1. The van der Waals surface area contributed by atoms with E-state index < -0.39 is 0 Å². The molecular formula is C11H20N4. The number of aromatic nitrogens is 2. The van der Waals surface area contributed by atoms with Crippen molar-refractivity contribution in [3.63, 3.8) is 0 Å². The number of nitrogens with zero attached hydrogens (tertiary/aromatic N) is 2. The van der Waals surface area contributed by atoms with Gasteiger partial charge in [-0.3, -0.25) is 4.98 Å². The van der Waals surface area contributed by atoms with Gasteiger partial charge in [-0.1, -0.05) is 20.8 Å². The fourth-order valence-corrected chi connectivity index (χ4v) is 1.48. The van der Waals surface area contributed by atoms with Crippen molar-refractivity contribution in [3.05, 3.63) is 18.6 Å². The number of hydrogen-bond donors (Lipinski definition) is 2. The second-order valence-electron chi connectivity index (χ2n) is 5.00. The monoisotopic (exact) mass is 208 g/mol. The molecule has 1 aromatic heterocycles. The van der Waals surface area contributed by atoms with Crippen LogP contribution >= 0.6 is 0 Å². The maximum absolute atomic E-state index is 6.00. The molecular weight excluding hydrogens is 188 g/mol. The quantitative estimate of drug-likeness (QED) is 0.789. The summed E-state index contributed by atoms with van der Waals surface area (Å²) in [6.07, 6.45) is 6.00. The summed E-state index contributed by atoms with van der Waals surface area (Å²) in [5, 5.41) is 3.17. The Balaban J connectivity index is 2.32. The van der Waals surface area contributed by atoms with Crippen molar-refractivity contribution in [3.8, 4) is 0 Å². The van der Waals surface area contributed by atoms with Crippen molar-refractivity contribution < 1.29 is 0 Å². The van der Waals surface area contributed by atoms with E-state index in [0.717, 1.165) is 18.8 Å². The van der Waals surface area contributed by atoms with Crippen LogP contribution < -0.4 is 11.1 Å². The largest absolute Gasteiger partial charge is 0.367 e. The molecule has 0 aromatic carbocycles. The Kier molecular flexibility index (Phi) is 4.03. The molecule has 15 heavy (non-hydrogen) atoms. The van der Waals surface area contributed by atoms with E-state index in [1.807, 2.05) is 0 Å². The lowest BCUT2D eigenvalue weighted by atomic mass is 9.88. The zero-order valence-corrected chi connectivity index (χ0v) is 9.70. The van der Waals surface area contributed by atoms with E-state index in [9.17, 15) is 0 Å². The van der Waals surface area contributed by atoms with Gasteiger partial charge in [0.2, 0.25) is 0 Å². The van der Waals surface area contributed by atoms with E-state index in [1.165, 1.54) is 0 Å². The summed E-state index contributed by atoms with van der Waals surface area (Å²) in [4.78, 5) is 8.09. The normalized spacial score (nSPS) is 13.6. The first-order valence-corrected chi connectivity index (χ1v) is 5.23. The first-order valence-electron chi connectivity index (χ1n) is 5.23. The van der Waals surface area contributed by atoms with Crippen molar-refractivity contribution in [2.75, 3.05) is 11.9 Å². The fraction of sp³-hybridized carbons (Fsp3) is 0.636. The number of nitrogens with one attached hydrogen (secondary N) is 1. The Morgan fingerprint density at radius 2 is 2.13 bits per heavy atom. The van der Waals surface area contributed by atoms with Crippen LogP contribution in [0.15, 0.2) is 18.6 Å². The molecule has 1 aromatic rings. The van der Waals surface area contributed by atoms with Gasteiger partial charge in [-0.15, -0.1) is 0 Å². The molecule has 0 aliphatic carbocycles. The predicted octanol–water partition coefficient (Wildman–Crippen LogP) is 1.65. The Hall–Kier alpha value is -1.16. The minimum absolute atomic E-state index is 0.145. The molecule has 0 amide bonds. The fourth-order valence-electron chi connectivity index (χ4n) is 1.48. The van der Waals surface area contributed by atoms with Crippen LogP contribution in [0.2, 0.25) is 0 Å². The average molecular weight is 208 g/mol. The average Bonchev–Trinajstić information content (AvgIpc) is 2.14. The summed E-state index contributed by atoms with van der Waals surface area (Å²) in [5.74, 6) is 0.779. The lowest BCUT2D eigenvalue weighted by Crippen LogP contribution is -2.33. The lowest BCUT2D eigenvalue weighted by molar-refractivity contribution is 0.344. The Bertz CT molecular complexity index is 278. The number of anilines is 1. The minimum Gasteiger partial charge on any atom is -0.367 e. The van der Waals surface area contributed by atoms with Crippen LogP contribution in [0.5, 0.6) is 0 Å². The van der Waals surface area contributed by atoms with E-state index in [2.05, 4.69) is 36.1 Å². The molecule has 1 heterocycles. The summed E-state index contributed by atoms with van der Waals surface area (Å²) in [7, 11) is 0. The van der Waals surface area contributed by atoms with E-state index >= 15 is 0 Å². The topological polar surface area (TPSA) is 63.8 Å². The van der Waals surface area contributed by atoms with Crippen LogP contribution in [-0.4, -0.2) is 22.6 Å². The third-order valence-electron chi connectivity index (χ3n) is 1.98. The summed E-state index contributed by atoms with van der Waals surface area (Å²) in [5.41, 5.74) is 6.26. The molecule has 0 fully saturated rings. The molecule has 0 saturated carbocycles. The van der Waals surface area contributed by atoms with Gasteiger partial charge in [0.25, 0.3) is 0 Å². The van der Waals surface area contributed by atoms with Gasteiger partial charge < -0.3 is 11.1 Å². The second kappa shape index (κ2) is 5.07. The van der Waals surface area contributed by atoms with Crippen molar-refractivity contribution in [2.24, 2.45) is 11.1 Å². The van der Waals surface area contributed by atoms with Gasteiger partial charge in [-0.05, 0) is 11.8 Å². The maximum atomic E-state index is 6.00. The molecule has 1 rings (SSSR count). The van der Waals surface area contributed by atoms with Crippen LogP contribution in [0.3, 0.4) is 0 Å². The van der Waals surface area contributed by atoms with E-state index in [0.29, 0.717) is 0 Å². The summed E-state index contributed by atoms with van der Waals surface area (Å²) in [6, 6.07) is 0.145. The highest BCUT2D eigenvalue weighted by atomic mass is 15.0. The zero-order chi connectivity index (χ0) is 11.3. The highest BCUT2D eigenvalue weighted by Gasteiger charge is 2.15. The van der Waals surface area contributed by atoms with Gasteiger partial charge in [0.1, 0.15) is 5.82 Å². The molecule has 4 heteroatoms. The highest BCUT2D eigenvalue weighted by Crippen LogP contribution is 2.19.